The zero-order valence-corrected chi connectivity index (χ0v) is 8.07. The van der Waals surface area contributed by atoms with Crippen molar-refractivity contribution in [1.29, 1.82) is 0 Å². The predicted molar refractivity (Wildman–Crippen MR) is 58.2 cm³/mol. The molecule has 0 aliphatic rings. The summed E-state index contributed by atoms with van der Waals surface area (Å²) >= 11 is 0. The van der Waals surface area contributed by atoms with Crippen LogP contribution >= 0.6 is 0 Å². The molecule has 0 aliphatic carbocycles. The van der Waals surface area contributed by atoms with E-state index in [0.717, 1.165) is 11.5 Å². The number of hydrogen-bond donors (Lipinski definition) is 0. The van der Waals surface area contributed by atoms with Crippen molar-refractivity contribution in [2.75, 3.05) is 11.9 Å². The molecule has 0 saturated heterocycles. The Morgan fingerprint density at radius 1 is 1.38 bits per heavy atom. The lowest BCUT2D eigenvalue weighted by atomic mass is 10.3. The summed E-state index contributed by atoms with van der Waals surface area (Å²) < 4.78 is 0. The number of hydrogen-bond acceptors (Lipinski definition) is 1. The summed E-state index contributed by atoms with van der Waals surface area (Å²) in [4.78, 5) is 6.05. The first-order valence-corrected chi connectivity index (χ1v) is 4.20. The average molecular weight is 174 g/mol. The topological polar surface area (TPSA) is 15.6 Å². The number of nitrogens with zero attached hydrogens (tertiary/aromatic N) is 2. The highest BCUT2D eigenvalue weighted by Crippen LogP contribution is 2.13. The van der Waals surface area contributed by atoms with E-state index in [-0.39, 0.29) is 0 Å². The second-order valence-corrected chi connectivity index (χ2v) is 2.66. The standard InChI is InChI=1S/C11H14N2/c1-4-13(10(2)12-3)11-8-6-5-7-9-11/h4-9H,1H2,2-3H3. The fraction of sp³-hybridized carbons (Fsp3) is 0.182. The Balaban J connectivity index is 2.98. The molecule has 0 N–H and O–H groups in total. The van der Waals surface area contributed by atoms with Gasteiger partial charge in [0.2, 0.25) is 0 Å². The summed E-state index contributed by atoms with van der Waals surface area (Å²) in [7, 11) is 1.77. The molecule has 1 aromatic carbocycles. The Kier molecular flexibility index (Phi) is 3.26. The van der Waals surface area contributed by atoms with Crippen LogP contribution in [0, 0.1) is 0 Å². The molecule has 68 valence electrons. The fourth-order valence-electron chi connectivity index (χ4n) is 1.12. The van der Waals surface area contributed by atoms with E-state index in [0.29, 0.717) is 0 Å². The molecule has 0 unspecified atom stereocenters. The van der Waals surface area contributed by atoms with E-state index in [9.17, 15) is 0 Å². The summed E-state index contributed by atoms with van der Waals surface area (Å²) in [5, 5.41) is 0. The molecule has 0 amide bonds. The summed E-state index contributed by atoms with van der Waals surface area (Å²) in [6, 6.07) is 10.0. The minimum atomic E-state index is 0.932. The Morgan fingerprint density at radius 2 is 2.00 bits per heavy atom. The quantitative estimate of drug-likeness (QED) is 0.497. The van der Waals surface area contributed by atoms with Gasteiger partial charge in [0.1, 0.15) is 5.84 Å². The molecule has 0 heterocycles. The largest absolute Gasteiger partial charge is 0.306 e. The van der Waals surface area contributed by atoms with Gasteiger partial charge in [-0.3, -0.25) is 4.99 Å². The minimum Gasteiger partial charge on any atom is -0.306 e. The SMILES string of the molecule is C=CN(C(C)=NC)c1ccccc1. The molecule has 2 nitrogen and oxygen atoms in total. The van der Waals surface area contributed by atoms with Crippen molar-refractivity contribution in [2.24, 2.45) is 4.99 Å². The van der Waals surface area contributed by atoms with Gasteiger partial charge in [-0.05, 0) is 19.1 Å². The lowest BCUT2D eigenvalue weighted by Crippen LogP contribution is -2.21. The summed E-state index contributed by atoms with van der Waals surface area (Å²) in [5.41, 5.74) is 1.08. The van der Waals surface area contributed by atoms with Crippen molar-refractivity contribution in [3.05, 3.63) is 43.1 Å². The lowest BCUT2D eigenvalue weighted by Gasteiger charge is -2.18. The third-order valence-corrected chi connectivity index (χ3v) is 1.89. The monoisotopic (exact) mass is 174 g/mol. The molecular weight excluding hydrogens is 160 g/mol. The zero-order valence-electron chi connectivity index (χ0n) is 8.07. The highest BCUT2D eigenvalue weighted by Gasteiger charge is 2.02. The first-order valence-electron chi connectivity index (χ1n) is 4.20. The Hall–Kier alpha value is -1.57. The maximum atomic E-state index is 4.11. The van der Waals surface area contributed by atoms with Crippen molar-refractivity contribution < 1.29 is 0 Å². The van der Waals surface area contributed by atoms with Crippen LogP contribution in [0.1, 0.15) is 6.92 Å². The van der Waals surface area contributed by atoms with Gasteiger partial charge in [-0.1, -0.05) is 24.8 Å². The van der Waals surface area contributed by atoms with Gasteiger partial charge in [-0.2, -0.15) is 0 Å². The van der Waals surface area contributed by atoms with Gasteiger partial charge in [0, 0.05) is 18.9 Å². The normalized spacial score (nSPS) is 11.1. The van der Waals surface area contributed by atoms with Crippen LogP contribution < -0.4 is 4.90 Å². The Bertz CT molecular complexity index is 301. The van der Waals surface area contributed by atoms with Crippen molar-refractivity contribution in [1.82, 2.24) is 0 Å². The molecule has 0 aromatic heterocycles. The number of aliphatic imine (C=N–C) groups is 1. The molecule has 0 atom stereocenters. The Morgan fingerprint density at radius 3 is 2.46 bits per heavy atom. The van der Waals surface area contributed by atoms with Gasteiger partial charge in [0.25, 0.3) is 0 Å². The van der Waals surface area contributed by atoms with Crippen LogP contribution in [0.25, 0.3) is 0 Å². The molecule has 0 fully saturated rings. The average Bonchev–Trinajstić information content (AvgIpc) is 2.20. The van der Waals surface area contributed by atoms with Crippen LogP contribution in [-0.4, -0.2) is 12.9 Å². The van der Waals surface area contributed by atoms with E-state index >= 15 is 0 Å². The molecular formula is C11H14N2. The van der Waals surface area contributed by atoms with Crippen molar-refractivity contribution in [3.63, 3.8) is 0 Å². The van der Waals surface area contributed by atoms with E-state index in [1.54, 1.807) is 13.2 Å². The lowest BCUT2D eigenvalue weighted by molar-refractivity contribution is 1.28. The third-order valence-electron chi connectivity index (χ3n) is 1.89. The molecule has 2 heteroatoms. The predicted octanol–water partition coefficient (Wildman–Crippen LogP) is 2.68. The molecule has 0 aliphatic heterocycles. The van der Waals surface area contributed by atoms with Crippen LogP contribution in [0.4, 0.5) is 5.69 Å². The van der Waals surface area contributed by atoms with E-state index < -0.39 is 0 Å². The third kappa shape index (κ3) is 2.18. The number of para-hydroxylation sites is 1. The maximum Gasteiger partial charge on any atom is 0.104 e. The summed E-state index contributed by atoms with van der Waals surface area (Å²) in [6.45, 7) is 5.70. The number of anilines is 1. The molecule has 0 radical (unpaired) electrons. The van der Waals surface area contributed by atoms with Gasteiger partial charge < -0.3 is 4.90 Å². The second-order valence-electron chi connectivity index (χ2n) is 2.66. The smallest absolute Gasteiger partial charge is 0.104 e. The molecule has 1 rings (SSSR count). The number of amidine groups is 1. The fourth-order valence-corrected chi connectivity index (χ4v) is 1.12. The molecule has 1 aromatic rings. The van der Waals surface area contributed by atoms with Gasteiger partial charge in [-0.25, -0.2) is 0 Å². The maximum absolute atomic E-state index is 4.11. The van der Waals surface area contributed by atoms with E-state index in [1.165, 1.54) is 0 Å². The molecule has 0 saturated carbocycles. The molecule has 0 bridgehead atoms. The highest BCUT2D eigenvalue weighted by molar-refractivity contribution is 5.97. The highest BCUT2D eigenvalue weighted by atomic mass is 15.2. The van der Waals surface area contributed by atoms with Gasteiger partial charge in [0.15, 0.2) is 0 Å². The minimum absolute atomic E-state index is 0.932. The van der Waals surface area contributed by atoms with Crippen LogP contribution in [-0.2, 0) is 0 Å². The van der Waals surface area contributed by atoms with E-state index in [1.807, 2.05) is 42.2 Å². The van der Waals surface area contributed by atoms with E-state index in [4.69, 9.17) is 0 Å². The van der Waals surface area contributed by atoms with Crippen LogP contribution in [0.15, 0.2) is 48.1 Å². The number of benzene rings is 1. The van der Waals surface area contributed by atoms with E-state index in [2.05, 4.69) is 11.6 Å². The van der Waals surface area contributed by atoms with Crippen LogP contribution in [0.2, 0.25) is 0 Å². The van der Waals surface area contributed by atoms with Gasteiger partial charge in [-0.15, -0.1) is 0 Å². The summed E-state index contributed by atoms with van der Waals surface area (Å²) in [5.74, 6) is 0.932. The molecule has 13 heavy (non-hydrogen) atoms. The first-order chi connectivity index (χ1) is 6.29. The zero-order chi connectivity index (χ0) is 9.68. The van der Waals surface area contributed by atoms with Crippen LogP contribution in [0.5, 0.6) is 0 Å². The first kappa shape index (κ1) is 9.52. The number of rotatable bonds is 2. The van der Waals surface area contributed by atoms with Crippen molar-refractivity contribution in [2.45, 2.75) is 6.92 Å². The van der Waals surface area contributed by atoms with Crippen molar-refractivity contribution in [3.8, 4) is 0 Å². The Labute approximate surface area is 79.2 Å². The van der Waals surface area contributed by atoms with Crippen LogP contribution in [0.3, 0.4) is 0 Å². The second kappa shape index (κ2) is 4.45. The van der Waals surface area contributed by atoms with Gasteiger partial charge in [0.05, 0.1) is 0 Å². The summed E-state index contributed by atoms with van der Waals surface area (Å²) in [6.07, 6.45) is 1.76. The molecule has 0 spiro atoms. The van der Waals surface area contributed by atoms with Crippen molar-refractivity contribution >= 4 is 11.5 Å². The van der Waals surface area contributed by atoms with Gasteiger partial charge >= 0.3 is 0 Å².